The van der Waals surface area contributed by atoms with Gasteiger partial charge in [-0.15, -0.1) is 0 Å². The van der Waals surface area contributed by atoms with Crippen molar-refractivity contribution in [3.63, 3.8) is 0 Å². The quantitative estimate of drug-likeness (QED) is 0.544. The van der Waals surface area contributed by atoms with Crippen molar-refractivity contribution in [3.8, 4) is 0 Å². The van der Waals surface area contributed by atoms with Crippen LogP contribution in [0.25, 0.3) is 0 Å². The number of carboxylic acid groups (broad SMARTS) is 1. The van der Waals surface area contributed by atoms with Gasteiger partial charge in [0, 0.05) is 15.1 Å². The van der Waals surface area contributed by atoms with Crippen molar-refractivity contribution >= 4 is 11.9 Å². The zero-order valence-corrected chi connectivity index (χ0v) is 4.34. The van der Waals surface area contributed by atoms with E-state index in [9.17, 15) is 9.59 Å². The van der Waals surface area contributed by atoms with Crippen LogP contribution in [0.1, 0.15) is 21.9 Å². The smallest absolute Gasteiger partial charge is 0.325 e. The average molecular weight is 137 g/mol. The molecule has 4 nitrogen and oxygen atoms in total. The van der Waals surface area contributed by atoms with Crippen molar-refractivity contribution in [2.75, 3.05) is 0 Å². The first-order chi connectivity index (χ1) is 6.46. The number of hydrogen-bond donors (Lipinski definition) is 2. The molecule has 1 amide bonds. The van der Waals surface area contributed by atoms with Gasteiger partial charge >= 0.3 is 5.97 Å². The molecule has 0 aromatic heterocycles. The Hall–Kier alpha value is -1.06. The molecular formula is C5H9NO3. The van der Waals surface area contributed by atoms with Crippen LogP contribution in [0.2, 0.25) is 0 Å². The second-order valence-corrected chi connectivity index (χ2v) is 1.24. The minimum atomic E-state index is -3.07. The zero-order valence-electron chi connectivity index (χ0n) is 10.3. The van der Waals surface area contributed by atoms with E-state index in [0.29, 0.717) is 0 Å². The van der Waals surface area contributed by atoms with Gasteiger partial charge in [0.25, 0.3) is 0 Å². The van der Waals surface area contributed by atoms with E-state index in [1.54, 1.807) is 0 Å². The molecule has 0 aliphatic rings. The molecule has 0 radical (unpaired) electrons. The first kappa shape index (κ1) is 2.28. The molecule has 0 saturated carbocycles. The molecule has 1 atom stereocenters. The molecule has 1 unspecified atom stereocenters. The lowest BCUT2D eigenvalue weighted by atomic mass is 10.3. The van der Waals surface area contributed by atoms with Crippen LogP contribution in [0.15, 0.2) is 0 Å². The van der Waals surface area contributed by atoms with E-state index in [1.807, 2.05) is 0 Å². The number of nitrogens with one attached hydrogen (secondary N) is 1. The van der Waals surface area contributed by atoms with Crippen LogP contribution < -0.4 is 5.32 Å². The number of hydrogen-bond acceptors (Lipinski definition) is 2. The molecule has 0 rings (SSSR count). The normalized spacial score (nSPS) is 24.9. The van der Waals surface area contributed by atoms with Gasteiger partial charge in [-0.3, -0.25) is 9.59 Å². The highest BCUT2D eigenvalue weighted by atomic mass is 16.4. The fourth-order valence-electron chi connectivity index (χ4n) is 0.193. The van der Waals surface area contributed by atoms with Crippen LogP contribution in [0, 0.1) is 0 Å². The summed E-state index contributed by atoms with van der Waals surface area (Å²) in [5.74, 6) is -3.42. The van der Waals surface area contributed by atoms with Gasteiger partial charge in [0.1, 0.15) is 6.04 Å². The molecule has 0 aliphatic heterocycles. The lowest BCUT2D eigenvalue weighted by molar-refractivity contribution is -0.140. The van der Waals surface area contributed by atoms with Gasteiger partial charge in [0.2, 0.25) is 5.91 Å². The highest BCUT2D eigenvalue weighted by molar-refractivity contribution is 5.81. The Balaban J connectivity index is 4.74. The Morgan fingerprint density at radius 3 is 2.78 bits per heavy atom. The Bertz CT molecular complexity index is 269. The molecule has 0 saturated heterocycles. The van der Waals surface area contributed by atoms with E-state index >= 15 is 0 Å². The van der Waals surface area contributed by atoms with E-state index in [4.69, 9.17) is 13.3 Å². The topological polar surface area (TPSA) is 66.4 Å². The summed E-state index contributed by atoms with van der Waals surface area (Å²) < 4.78 is 40.2. The van der Waals surface area contributed by atoms with Gasteiger partial charge in [-0.2, -0.15) is 0 Å². The predicted molar refractivity (Wildman–Crippen MR) is 30.9 cm³/mol. The zero-order chi connectivity index (χ0) is 12.4. The third kappa shape index (κ3) is 3.52. The molecule has 9 heavy (non-hydrogen) atoms. The van der Waals surface area contributed by atoms with Crippen LogP contribution in [0.4, 0.5) is 0 Å². The van der Waals surface area contributed by atoms with E-state index < -0.39 is 31.6 Å². The van der Waals surface area contributed by atoms with Crippen molar-refractivity contribution in [2.45, 2.75) is 19.7 Å². The molecule has 4 heteroatoms. The van der Waals surface area contributed by atoms with Crippen molar-refractivity contribution < 1.29 is 22.9 Å². The number of carboxylic acids is 1. The Morgan fingerprint density at radius 1 is 1.78 bits per heavy atom. The van der Waals surface area contributed by atoms with Crippen LogP contribution in [0.5, 0.6) is 0 Å². The van der Waals surface area contributed by atoms with Crippen LogP contribution >= 0.6 is 0 Å². The Kier molecular flexibility index (Phi) is 0.777. The second kappa shape index (κ2) is 3.06. The second-order valence-electron chi connectivity index (χ2n) is 1.24. The van der Waals surface area contributed by atoms with Crippen LogP contribution in [-0.2, 0) is 9.59 Å². The molecular weight excluding hydrogens is 122 g/mol. The van der Waals surface area contributed by atoms with Gasteiger partial charge in [0.05, 0.1) is 0 Å². The highest BCUT2D eigenvalue weighted by Crippen LogP contribution is 1.78. The minimum Gasteiger partial charge on any atom is -0.480 e. The van der Waals surface area contributed by atoms with E-state index in [2.05, 4.69) is 0 Å². The number of amides is 1. The monoisotopic (exact) mass is 137 g/mol. The summed E-state index contributed by atoms with van der Waals surface area (Å²) >= 11 is 0. The predicted octanol–water partition coefficient (Wildman–Crippen LogP) is -0.404. The standard InChI is InChI=1S/C5H9NO3/c1-3(5(8)9)6-4(2)7/h3H,1-2H3,(H,6,7)(H,8,9)/i1D3,2D3. The minimum absolute atomic E-state index is 1.43. The van der Waals surface area contributed by atoms with Crippen molar-refractivity contribution in [1.29, 1.82) is 0 Å². The largest absolute Gasteiger partial charge is 0.480 e. The van der Waals surface area contributed by atoms with Crippen molar-refractivity contribution in [2.24, 2.45) is 0 Å². The molecule has 52 valence electrons. The van der Waals surface area contributed by atoms with E-state index in [1.165, 1.54) is 5.32 Å². The summed E-state index contributed by atoms with van der Waals surface area (Å²) in [7, 11) is 0. The van der Waals surface area contributed by atoms with Gasteiger partial charge in [-0.05, 0) is 6.85 Å². The van der Waals surface area contributed by atoms with Gasteiger partial charge < -0.3 is 10.4 Å². The first-order valence-corrected chi connectivity index (χ1v) is 2.00. The molecule has 0 aromatic rings. The molecule has 0 aliphatic carbocycles. The molecule has 0 spiro atoms. The summed E-state index contributed by atoms with van der Waals surface area (Å²) in [6.07, 6.45) is 0. The maximum absolute atomic E-state index is 10.8. The highest BCUT2D eigenvalue weighted by Gasteiger charge is 2.09. The van der Waals surface area contributed by atoms with Gasteiger partial charge in [-0.25, -0.2) is 0 Å². The van der Waals surface area contributed by atoms with Gasteiger partial charge in [0.15, 0.2) is 0 Å². The van der Waals surface area contributed by atoms with Crippen LogP contribution in [-0.4, -0.2) is 23.0 Å². The number of carbonyl (C=O) groups excluding carboxylic acids is 1. The molecule has 0 aromatic carbocycles. The Labute approximate surface area is 61.3 Å². The van der Waals surface area contributed by atoms with E-state index in [-0.39, 0.29) is 0 Å². The maximum Gasteiger partial charge on any atom is 0.325 e. The number of carbonyl (C=O) groups is 2. The molecule has 2 N–H and O–H groups in total. The lowest BCUT2D eigenvalue weighted by Crippen LogP contribution is -2.36. The maximum atomic E-state index is 10.8. The third-order valence-corrected chi connectivity index (χ3v) is 0.522. The molecule has 0 fully saturated rings. The van der Waals surface area contributed by atoms with Crippen molar-refractivity contribution in [3.05, 3.63) is 0 Å². The summed E-state index contributed by atoms with van der Waals surface area (Å²) in [6.45, 7) is -6.06. The number of rotatable bonds is 2. The fourth-order valence-corrected chi connectivity index (χ4v) is 0.193. The van der Waals surface area contributed by atoms with E-state index in [0.717, 1.165) is 0 Å². The summed E-state index contributed by atoms with van der Waals surface area (Å²) in [5, 5.41) is 9.90. The average Bonchev–Trinajstić information content (AvgIpc) is 1.94. The Morgan fingerprint density at radius 2 is 2.44 bits per heavy atom. The molecule has 0 bridgehead atoms. The number of aliphatic carboxylic acids is 1. The summed E-state index contributed by atoms with van der Waals surface area (Å²) in [6, 6.07) is -2.22. The van der Waals surface area contributed by atoms with Crippen LogP contribution in [0.3, 0.4) is 0 Å². The van der Waals surface area contributed by atoms with Crippen molar-refractivity contribution in [1.82, 2.24) is 5.32 Å². The SMILES string of the molecule is [2H]C([2H])([2H])C(=O)NC(C(=O)O)C([2H])([2H])[2H]. The third-order valence-electron chi connectivity index (χ3n) is 0.522. The lowest BCUT2D eigenvalue weighted by Gasteiger charge is -2.04. The summed E-state index contributed by atoms with van der Waals surface area (Å²) in [5.41, 5.74) is 0. The van der Waals surface area contributed by atoms with Gasteiger partial charge in [-0.1, -0.05) is 0 Å². The molecule has 0 heterocycles. The summed E-state index contributed by atoms with van der Waals surface area (Å²) in [4.78, 5) is 21.3. The first-order valence-electron chi connectivity index (χ1n) is 5.00. The fraction of sp³-hybridized carbons (Fsp3) is 0.600.